The number of nitrogen functional groups attached to an aromatic ring is 1. The van der Waals surface area contributed by atoms with Gasteiger partial charge in [-0.25, -0.2) is 0 Å². The molecule has 1 heterocycles. The van der Waals surface area contributed by atoms with Crippen molar-refractivity contribution >= 4 is 17.7 Å². The van der Waals surface area contributed by atoms with Crippen LogP contribution in [-0.4, -0.2) is 12.7 Å². The molecule has 3 N–H and O–H groups in total. The summed E-state index contributed by atoms with van der Waals surface area (Å²) >= 11 is 0. The molecule has 0 bridgehead atoms. The van der Waals surface area contributed by atoms with Crippen molar-refractivity contribution in [1.82, 2.24) is 5.32 Å². The van der Waals surface area contributed by atoms with Gasteiger partial charge in [-0.3, -0.25) is 4.79 Å². The summed E-state index contributed by atoms with van der Waals surface area (Å²) in [4.78, 5) is 11.8. The second-order valence-corrected chi connectivity index (χ2v) is 4.91. The van der Waals surface area contributed by atoms with Crippen LogP contribution in [0.15, 0.2) is 48.5 Å². The van der Waals surface area contributed by atoms with Gasteiger partial charge in [0.05, 0.1) is 0 Å². The fourth-order valence-corrected chi connectivity index (χ4v) is 2.13. The van der Waals surface area contributed by atoms with Crippen LogP contribution >= 0.6 is 0 Å². The standard InChI is InChI=1S/C17H16N2O3/c18-14-3-1-2-12(8-14)5-7-17(20)19-10-13-4-6-15-16(9-13)22-11-21-15/h1-9H,10-11,18H2,(H,19,20)/b7-5+. The fourth-order valence-electron chi connectivity index (χ4n) is 2.13. The van der Waals surface area contributed by atoms with Gasteiger partial charge in [0, 0.05) is 18.3 Å². The quantitative estimate of drug-likeness (QED) is 0.671. The summed E-state index contributed by atoms with van der Waals surface area (Å²) in [6.45, 7) is 0.671. The number of nitrogens with one attached hydrogen (secondary N) is 1. The first kappa shape index (κ1) is 14.0. The van der Waals surface area contributed by atoms with E-state index in [2.05, 4.69) is 5.32 Å². The summed E-state index contributed by atoms with van der Waals surface area (Å²) in [7, 11) is 0. The highest BCUT2D eigenvalue weighted by molar-refractivity contribution is 5.91. The molecule has 0 saturated carbocycles. The van der Waals surface area contributed by atoms with Crippen LogP contribution in [-0.2, 0) is 11.3 Å². The van der Waals surface area contributed by atoms with Gasteiger partial charge < -0.3 is 20.5 Å². The minimum atomic E-state index is -0.167. The van der Waals surface area contributed by atoms with Gasteiger partial charge in [0.2, 0.25) is 12.7 Å². The average Bonchev–Trinajstić information content (AvgIpc) is 2.98. The van der Waals surface area contributed by atoms with Gasteiger partial charge >= 0.3 is 0 Å². The van der Waals surface area contributed by atoms with Crippen LogP contribution < -0.4 is 20.5 Å². The van der Waals surface area contributed by atoms with Crippen molar-refractivity contribution in [2.24, 2.45) is 0 Å². The Kier molecular flexibility index (Phi) is 3.96. The van der Waals surface area contributed by atoms with Crippen LogP contribution in [0.1, 0.15) is 11.1 Å². The molecule has 0 aromatic heterocycles. The Hall–Kier alpha value is -2.95. The van der Waals surface area contributed by atoms with Gasteiger partial charge in [0.25, 0.3) is 0 Å². The van der Waals surface area contributed by atoms with Crippen molar-refractivity contribution in [1.29, 1.82) is 0 Å². The van der Waals surface area contributed by atoms with Crippen LogP contribution in [0.25, 0.3) is 6.08 Å². The number of amides is 1. The second kappa shape index (κ2) is 6.22. The molecule has 2 aromatic carbocycles. The molecule has 1 aliphatic rings. The molecular formula is C17H16N2O3. The molecule has 5 heteroatoms. The smallest absolute Gasteiger partial charge is 0.244 e. The number of carbonyl (C=O) groups is 1. The first-order chi connectivity index (χ1) is 10.7. The summed E-state index contributed by atoms with van der Waals surface area (Å²) < 4.78 is 10.5. The van der Waals surface area contributed by atoms with E-state index in [9.17, 15) is 4.79 Å². The molecule has 0 spiro atoms. The van der Waals surface area contributed by atoms with E-state index in [1.807, 2.05) is 36.4 Å². The SMILES string of the molecule is Nc1cccc(/C=C/C(=O)NCc2ccc3c(c2)OCO3)c1. The van der Waals surface area contributed by atoms with Gasteiger partial charge in [-0.1, -0.05) is 18.2 Å². The molecule has 2 aromatic rings. The Morgan fingerprint density at radius 3 is 2.91 bits per heavy atom. The molecule has 0 atom stereocenters. The molecule has 0 radical (unpaired) electrons. The first-order valence-corrected chi connectivity index (χ1v) is 6.91. The van der Waals surface area contributed by atoms with E-state index in [-0.39, 0.29) is 12.7 Å². The molecule has 0 fully saturated rings. The third-order valence-electron chi connectivity index (χ3n) is 3.24. The van der Waals surface area contributed by atoms with E-state index in [4.69, 9.17) is 15.2 Å². The van der Waals surface area contributed by atoms with E-state index in [0.717, 1.165) is 16.9 Å². The second-order valence-electron chi connectivity index (χ2n) is 4.91. The van der Waals surface area contributed by atoms with Gasteiger partial charge in [0.1, 0.15) is 0 Å². The normalized spacial score (nSPS) is 12.5. The molecule has 22 heavy (non-hydrogen) atoms. The Balaban J connectivity index is 1.56. The number of rotatable bonds is 4. The van der Waals surface area contributed by atoms with Crippen molar-refractivity contribution in [2.45, 2.75) is 6.54 Å². The van der Waals surface area contributed by atoms with Crippen molar-refractivity contribution in [3.05, 3.63) is 59.7 Å². The van der Waals surface area contributed by atoms with Crippen LogP contribution in [0.2, 0.25) is 0 Å². The lowest BCUT2D eigenvalue weighted by Crippen LogP contribution is -2.20. The molecular weight excluding hydrogens is 280 g/mol. The lowest BCUT2D eigenvalue weighted by atomic mass is 10.2. The number of anilines is 1. The summed E-state index contributed by atoms with van der Waals surface area (Å²) in [5.41, 5.74) is 8.20. The zero-order valence-corrected chi connectivity index (χ0v) is 11.9. The number of hydrogen-bond donors (Lipinski definition) is 2. The summed E-state index contributed by atoms with van der Waals surface area (Å²) in [6.07, 6.45) is 3.22. The maximum absolute atomic E-state index is 11.8. The minimum Gasteiger partial charge on any atom is -0.454 e. The molecule has 1 amide bonds. The predicted octanol–water partition coefficient (Wildman–Crippen LogP) is 2.33. The lowest BCUT2D eigenvalue weighted by Gasteiger charge is -2.04. The van der Waals surface area contributed by atoms with Crippen LogP contribution in [0.4, 0.5) is 5.69 Å². The fraction of sp³-hybridized carbons (Fsp3) is 0.118. The Morgan fingerprint density at radius 1 is 1.18 bits per heavy atom. The minimum absolute atomic E-state index is 0.167. The Bertz CT molecular complexity index is 726. The van der Waals surface area contributed by atoms with Crippen molar-refractivity contribution in [3.8, 4) is 11.5 Å². The number of benzene rings is 2. The molecule has 0 aliphatic carbocycles. The van der Waals surface area contributed by atoms with Crippen LogP contribution in [0.3, 0.4) is 0 Å². The van der Waals surface area contributed by atoms with Gasteiger partial charge in [-0.2, -0.15) is 0 Å². The zero-order valence-electron chi connectivity index (χ0n) is 11.9. The maximum atomic E-state index is 11.8. The van der Waals surface area contributed by atoms with Crippen molar-refractivity contribution in [3.63, 3.8) is 0 Å². The molecule has 0 unspecified atom stereocenters. The van der Waals surface area contributed by atoms with E-state index >= 15 is 0 Å². The topological polar surface area (TPSA) is 73.6 Å². The van der Waals surface area contributed by atoms with Gasteiger partial charge in [-0.05, 0) is 41.5 Å². The Labute approximate surface area is 128 Å². The monoisotopic (exact) mass is 296 g/mol. The molecule has 0 saturated heterocycles. The maximum Gasteiger partial charge on any atom is 0.244 e. The van der Waals surface area contributed by atoms with Crippen molar-refractivity contribution < 1.29 is 14.3 Å². The zero-order chi connectivity index (χ0) is 15.4. The van der Waals surface area contributed by atoms with E-state index in [1.165, 1.54) is 6.08 Å². The number of fused-ring (bicyclic) bond motifs is 1. The lowest BCUT2D eigenvalue weighted by molar-refractivity contribution is -0.116. The highest BCUT2D eigenvalue weighted by Gasteiger charge is 2.13. The molecule has 1 aliphatic heterocycles. The van der Waals surface area contributed by atoms with Crippen LogP contribution in [0.5, 0.6) is 11.5 Å². The molecule has 3 rings (SSSR count). The van der Waals surface area contributed by atoms with E-state index < -0.39 is 0 Å². The van der Waals surface area contributed by atoms with E-state index in [1.54, 1.807) is 12.1 Å². The number of hydrogen-bond acceptors (Lipinski definition) is 4. The largest absolute Gasteiger partial charge is 0.454 e. The molecule has 5 nitrogen and oxygen atoms in total. The van der Waals surface area contributed by atoms with Gasteiger partial charge in [0.15, 0.2) is 11.5 Å². The first-order valence-electron chi connectivity index (χ1n) is 6.91. The summed E-state index contributed by atoms with van der Waals surface area (Å²) in [5, 5.41) is 2.82. The average molecular weight is 296 g/mol. The number of carbonyl (C=O) groups excluding carboxylic acids is 1. The predicted molar refractivity (Wildman–Crippen MR) is 84.3 cm³/mol. The van der Waals surface area contributed by atoms with E-state index in [0.29, 0.717) is 18.0 Å². The number of ether oxygens (including phenoxy) is 2. The van der Waals surface area contributed by atoms with Gasteiger partial charge in [-0.15, -0.1) is 0 Å². The molecule has 112 valence electrons. The highest BCUT2D eigenvalue weighted by Crippen LogP contribution is 2.32. The Morgan fingerprint density at radius 2 is 2.05 bits per heavy atom. The third kappa shape index (κ3) is 3.38. The summed E-state index contributed by atoms with van der Waals surface area (Å²) in [6, 6.07) is 12.9. The van der Waals surface area contributed by atoms with Crippen LogP contribution in [0, 0.1) is 0 Å². The van der Waals surface area contributed by atoms with Crippen molar-refractivity contribution in [2.75, 3.05) is 12.5 Å². The summed E-state index contributed by atoms with van der Waals surface area (Å²) in [5.74, 6) is 1.28. The highest BCUT2D eigenvalue weighted by atomic mass is 16.7. The number of nitrogens with two attached hydrogens (primary N) is 1. The third-order valence-corrected chi connectivity index (χ3v) is 3.24.